The number of carbonyl (C=O) groups excluding carboxylic acids is 9. The number of ether oxygens (including phenoxy) is 1. The van der Waals surface area contributed by atoms with Gasteiger partial charge in [-0.25, -0.2) is 22.9 Å². The number of benzene rings is 3. The molecule has 3 aromatic carbocycles. The lowest BCUT2D eigenvalue weighted by Gasteiger charge is -2.38. The van der Waals surface area contributed by atoms with Gasteiger partial charge in [0.1, 0.15) is 36.0 Å². The Labute approximate surface area is 498 Å². The van der Waals surface area contributed by atoms with Crippen LogP contribution >= 0.6 is 18.9 Å². The number of piperidine rings is 2. The van der Waals surface area contributed by atoms with E-state index in [2.05, 4.69) is 25.8 Å². The van der Waals surface area contributed by atoms with Gasteiger partial charge < -0.3 is 50.5 Å². The number of aromatic nitrogens is 2. The Morgan fingerprint density at radius 1 is 0.851 bits per heavy atom. The number of rotatable bonds is 20. The van der Waals surface area contributed by atoms with Crippen LogP contribution in [0.5, 0.6) is 5.75 Å². The van der Waals surface area contributed by atoms with Crippen molar-refractivity contribution < 1.29 is 79.4 Å². The third kappa shape index (κ3) is 14.5. The third-order valence-electron chi connectivity index (χ3n) is 16.5. The molecule has 24 nitrogen and oxygen atoms in total. The molecule has 2 aromatic heterocycles. The fraction of sp³-hybridized carbons (Fsp3) is 0.474. The number of amides is 9. The lowest BCUT2D eigenvalue weighted by molar-refractivity contribution is -0.144. The lowest BCUT2D eigenvalue weighted by Crippen LogP contribution is -2.62. The van der Waals surface area contributed by atoms with Crippen LogP contribution in [0.1, 0.15) is 97.5 Å². The van der Waals surface area contributed by atoms with Crippen LogP contribution in [0.2, 0.25) is 0 Å². The van der Waals surface area contributed by atoms with Crippen molar-refractivity contribution in [2.75, 3.05) is 33.3 Å². The number of nitrogens with zero attached hydrogens (tertiary/aromatic N) is 5. The Balaban J connectivity index is 0.865. The molecule has 4 aliphatic rings. The van der Waals surface area contributed by atoms with E-state index in [1.807, 2.05) is 12.1 Å². The number of halogens is 4. The highest BCUT2D eigenvalue weighted by Gasteiger charge is 2.47. The Kier molecular flexibility index (Phi) is 19.5. The number of alkyl halides is 2. The summed E-state index contributed by atoms with van der Waals surface area (Å²) in [7, 11) is -2.57. The second kappa shape index (κ2) is 26.8. The molecule has 0 spiro atoms. The molecule has 466 valence electrons. The maximum atomic E-state index is 14.8. The number of primary amides is 1. The van der Waals surface area contributed by atoms with Crippen LogP contribution in [0.4, 0.5) is 22.4 Å². The van der Waals surface area contributed by atoms with Crippen molar-refractivity contribution in [2.45, 2.75) is 126 Å². The number of nitrogens with two attached hydrogens (primary N) is 1. The molecule has 2 unspecified atom stereocenters. The smallest absolute Gasteiger partial charge is 0.442 e. The maximum absolute atomic E-state index is 14.8. The first-order valence-electron chi connectivity index (χ1n) is 28.3. The fourth-order valence-corrected chi connectivity index (χ4v) is 13.3. The van der Waals surface area contributed by atoms with Crippen LogP contribution < -0.4 is 37.2 Å². The molecule has 0 bridgehead atoms. The first kappa shape index (κ1) is 63.3. The average Bonchev–Trinajstić information content (AvgIpc) is 1.76. The summed E-state index contributed by atoms with van der Waals surface area (Å²) in [6, 6.07) is 6.51. The zero-order valence-corrected chi connectivity index (χ0v) is 49.1. The Morgan fingerprint density at radius 3 is 2.29 bits per heavy atom. The minimum absolute atomic E-state index is 0.00211. The predicted octanol–water partition coefficient (Wildman–Crippen LogP) is 4.27. The van der Waals surface area contributed by atoms with Crippen molar-refractivity contribution in [3.05, 3.63) is 98.8 Å². The van der Waals surface area contributed by atoms with Gasteiger partial charge in [-0.2, -0.15) is 8.78 Å². The SMILES string of the molecule is COC(=O)N1CC[C@H]2CC[C@@H](C(=O)N[C@@H](CCC(N)=O)C(=O)N[C@@H](Cc3ccc(F)c(F)c3)C(=O)N3CCC(CCCc4ccc5c(c4)n(C)c(=O)n5C4CCC(=O)NC4=O)CC3)N2C(=O)[C@@H](NC(=O)c2cc3cc(OP(=O)(O)C(F)F)ccc3s2)C1. The lowest BCUT2D eigenvalue weighted by atomic mass is 9.90. The van der Waals surface area contributed by atoms with E-state index in [0.717, 1.165) is 55.1 Å². The monoisotopic (exact) mass is 1250 g/mol. The molecule has 4 saturated heterocycles. The first-order valence-corrected chi connectivity index (χ1v) is 30.8. The number of likely N-dealkylation sites (tertiary alicyclic amines) is 1. The van der Waals surface area contributed by atoms with Crippen LogP contribution in [0.15, 0.2) is 65.5 Å². The van der Waals surface area contributed by atoms with Gasteiger partial charge in [0, 0.05) is 56.7 Å². The number of imide groups is 1. The Bertz CT molecular complexity index is 3650. The summed E-state index contributed by atoms with van der Waals surface area (Å²) in [5.41, 5.74) is 7.49. The summed E-state index contributed by atoms with van der Waals surface area (Å²) in [6.45, 7) is 0.170. The van der Waals surface area contributed by atoms with Gasteiger partial charge >= 0.3 is 25.5 Å². The highest BCUT2D eigenvalue weighted by atomic mass is 32.1. The number of fused-ring (bicyclic) bond motifs is 3. The van der Waals surface area contributed by atoms with Crippen LogP contribution in [-0.4, -0.2) is 152 Å². The number of imidazole rings is 1. The van der Waals surface area contributed by atoms with E-state index in [-0.39, 0.29) is 104 Å². The molecule has 30 heteroatoms. The zero-order valence-electron chi connectivity index (χ0n) is 47.3. The van der Waals surface area contributed by atoms with Gasteiger partial charge in [-0.05, 0) is 135 Å². The first-order chi connectivity index (χ1) is 41.4. The van der Waals surface area contributed by atoms with Gasteiger partial charge in [0.15, 0.2) is 11.6 Å². The van der Waals surface area contributed by atoms with E-state index in [1.54, 1.807) is 18.0 Å². The largest absolute Gasteiger partial charge is 0.453 e. The highest BCUT2D eigenvalue weighted by Crippen LogP contribution is 2.49. The number of hydrogen-bond acceptors (Lipinski definition) is 14. The minimum atomic E-state index is -5.33. The second-order valence-corrected chi connectivity index (χ2v) is 25.0. The van der Waals surface area contributed by atoms with Crippen molar-refractivity contribution in [1.82, 2.24) is 45.1 Å². The molecule has 6 heterocycles. The van der Waals surface area contributed by atoms with Crippen LogP contribution in [0.3, 0.4) is 0 Å². The number of carbonyl (C=O) groups is 9. The predicted molar refractivity (Wildman–Crippen MR) is 305 cm³/mol. The topological polar surface area (TPSA) is 320 Å². The van der Waals surface area contributed by atoms with Crippen LogP contribution in [0, 0.1) is 17.6 Å². The quantitative estimate of drug-likeness (QED) is 0.0360. The van der Waals surface area contributed by atoms with E-state index in [9.17, 15) is 75.0 Å². The molecule has 7 N–H and O–H groups in total. The van der Waals surface area contributed by atoms with Crippen LogP contribution in [-0.2, 0) is 62.8 Å². The van der Waals surface area contributed by atoms with Gasteiger partial charge in [0.25, 0.3) is 5.91 Å². The normalized spacial score (nSPS) is 20.7. The maximum Gasteiger partial charge on any atom is 0.442 e. The Morgan fingerprint density at radius 2 is 1.59 bits per heavy atom. The molecule has 4 aliphatic heterocycles. The minimum Gasteiger partial charge on any atom is -0.453 e. The average molecular weight is 1250 g/mol. The number of methoxy groups -OCH3 is 1. The summed E-state index contributed by atoms with van der Waals surface area (Å²) in [5.74, 6) is -8.18. The summed E-state index contributed by atoms with van der Waals surface area (Å²) in [5, 5.41) is 10.6. The molecule has 0 radical (unpaired) electrons. The summed E-state index contributed by atoms with van der Waals surface area (Å²) in [6.07, 6.45) is -1.40. The van der Waals surface area contributed by atoms with Crippen molar-refractivity contribution in [1.29, 1.82) is 0 Å². The molecular weight excluding hydrogens is 1190 g/mol. The molecule has 9 rings (SSSR count). The fourth-order valence-electron chi connectivity index (χ4n) is 11.9. The van der Waals surface area contributed by atoms with Crippen molar-refractivity contribution in [3.8, 4) is 5.75 Å². The van der Waals surface area contributed by atoms with E-state index < -0.39 is 122 Å². The van der Waals surface area contributed by atoms with Crippen molar-refractivity contribution in [2.24, 2.45) is 18.7 Å². The van der Waals surface area contributed by atoms with Gasteiger partial charge in [-0.1, -0.05) is 12.1 Å². The van der Waals surface area contributed by atoms with Crippen molar-refractivity contribution in [3.63, 3.8) is 0 Å². The molecular formula is C57H65F4N10O14PS. The molecule has 87 heavy (non-hydrogen) atoms. The van der Waals surface area contributed by atoms with Crippen molar-refractivity contribution >= 4 is 93.4 Å². The van der Waals surface area contributed by atoms with Gasteiger partial charge in [-0.3, -0.25) is 52.8 Å². The second-order valence-electron chi connectivity index (χ2n) is 22.2. The molecule has 0 aliphatic carbocycles. The van der Waals surface area contributed by atoms with E-state index in [0.29, 0.717) is 35.0 Å². The summed E-state index contributed by atoms with van der Waals surface area (Å²) in [4.78, 5) is 149. The number of thiophene rings is 1. The zero-order chi connectivity index (χ0) is 62.6. The van der Waals surface area contributed by atoms with Crippen LogP contribution in [0.25, 0.3) is 21.1 Å². The van der Waals surface area contributed by atoms with E-state index in [1.165, 1.54) is 43.2 Å². The van der Waals surface area contributed by atoms with Gasteiger partial charge in [-0.15, -0.1) is 11.3 Å². The van der Waals surface area contributed by atoms with Gasteiger partial charge in [0.2, 0.25) is 41.4 Å². The molecule has 7 atom stereocenters. The third-order valence-corrected chi connectivity index (χ3v) is 18.5. The summed E-state index contributed by atoms with van der Waals surface area (Å²) < 4.78 is 79.8. The molecule has 4 fully saturated rings. The standard InChI is InChI=1S/C57H65F4N10O14PS/c1-67-44-26-31(7-12-41(44)71(56(67)80)43-14-17-48(73)66-51(43)76)5-3-4-30-18-21-68(22-19-30)53(78)39(25-32-6-10-36(58)37(59)24-32)64-49(74)38(11-16-47(62)72)63-50(75)42-13-8-34-20-23-69(57(81)84-2)29-40(54(79)70(34)42)65-52(77)46-28-33-27-35(9-15-45(33)87-46)85-86(82,83)55(60)61/h6-7,9-10,12,15,24,26-28,30,34,38-40,42-43,55H,3-5,8,11,13-14,16-23,25,29H2,1-2H3,(H2,62,72)(H,63,75)(H,64,74)(H,65,77)(H,82,83)(H,66,73,76)/t34-,38+,39+,40+,42+,43?/m1/s1. The van der Waals surface area contributed by atoms with E-state index in [4.69, 9.17) is 10.5 Å². The molecule has 0 saturated carbocycles. The summed E-state index contributed by atoms with van der Waals surface area (Å²) >= 11 is 0.923. The van der Waals surface area contributed by atoms with Gasteiger partial charge in [0.05, 0.1) is 29.6 Å². The number of aryl methyl sites for hydroxylation is 2. The molecule has 9 amide bonds. The number of hydrogen-bond donors (Lipinski definition) is 6. The molecule has 5 aromatic rings. The Hall–Kier alpha value is -8.17. The van der Waals surface area contributed by atoms with E-state index >= 15 is 0 Å². The number of nitrogens with one attached hydrogen (secondary N) is 4. The highest BCUT2D eigenvalue weighted by molar-refractivity contribution is 7.53.